The van der Waals surface area contributed by atoms with Gasteiger partial charge in [0.25, 0.3) is 0 Å². The molecule has 0 spiro atoms. The average molecular weight is 552 g/mol. The van der Waals surface area contributed by atoms with E-state index in [-0.39, 0.29) is 0 Å². The molecule has 0 saturated heterocycles. The summed E-state index contributed by atoms with van der Waals surface area (Å²) in [6.07, 6.45) is 2.26. The van der Waals surface area contributed by atoms with Gasteiger partial charge in [0.2, 0.25) is 5.52 Å². The normalized spacial score (nSPS) is 12.7. The van der Waals surface area contributed by atoms with Gasteiger partial charge >= 0.3 is 0 Å². The van der Waals surface area contributed by atoms with Crippen molar-refractivity contribution in [3.05, 3.63) is 94.2 Å². The number of nitrogens with zero attached hydrogens (tertiary/aromatic N) is 2. The highest BCUT2D eigenvalue weighted by Gasteiger charge is 2.27. The van der Waals surface area contributed by atoms with Crippen LogP contribution in [0.25, 0.3) is 60.1 Å². The van der Waals surface area contributed by atoms with E-state index in [9.17, 15) is 0 Å². The van der Waals surface area contributed by atoms with Crippen LogP contribution in [0.2, 0.25) is 0 Å². The molecule has 2 heteroatoms. The molecule has 0 bridgehead atoms. The zero-order valence-electron chi connectivity index (χ0n) is 26.9. The van der Waals surface area contributed by atoms with Crippen LogP contribution in [0.4, 0.5) is 0 Å². The van der Waals surface area contributed by atoms with Crippen molar-refractivity contribution in [2.45, 2.75) is 80.1 Å². The number of aromatic nitrogens is 2. The molecule has 2 nitrogen and oxygen atoms in total. The molecule has 0 unspecified atom stereocenters. The van der Waals surface area contributed by atoms with Gasteiger partial charge in [-0.25, -0.2) is 4.57 Å². The minimum atomic E-state index is 0.431. The largest absolute Gasteiger partial charge is 0.307 e. The van der Waals surface area contributed by atoms with E-state index in [0.29, 0.717) is 17.8 Å². The first kappa shape index (κ1) is 27.0. The number of aryl methyl sites for hydroxylation is 3. The molecule has 0 aliphatic carbocycles. The number of fused-ring (bicyclic) bond motifs is 5. The summed E-state index contributed by atoms with van der Waals surface area (Å²) in [5.74, 6) is 1.36. The van der Waals surface area contributed by atoms with Crippen molar-refractivity contribution < 1.29 is 4.57 Å². The minimum absolute atomic E-state index is 0.431. The Hall–Kier alpha value is -3.91. The predicted molar refractivity (Wildman–Crippen MR) is 182 cm³/mol. The lowest BCUT2D eigenvalue weighted by molar-refractivity contribution is -0.643. The first-order valence-electron chi connectivity index (χ1n) is 15.7. The second kappa shape index (κ2) is 9.30. The van der Waals surface area contributed by atoms with Crippen LogP contribution in [0, 0.1) is 20.8 Å². The van der Waals surface area contributed by atoms with Gasteiger partial charge < -0.3 is 4.40 Å². The molecule has 0 radical (unpaired) electrons. The molecule has 0 aliphatic rings. The molecule has 0 aliphatic heterocycles. The quantitative estimate of drug-likeness (QED) is 0.117. The third-order valence-corrected chi connectivity index (χ3v) is 10.1. The van der Waals surface area contributed by atoms with E-state index in [0.717, 1.165) is 0 Å². The summed E-state index contributed by atoms with van der Waals surface area (Å²) >= 11 is 0. The fraction of sp³-hybridized carbons (Fsp3) is 0.325. The third kappa shape index (κ3) is 3.54. The van der Waals surface area contributed by atoms with E-state index >= 15 is 0 Å². The molecule has 4 aromatic carbocycles. The number of hydrogen-bond acceptors (Lipinski definition) is 0. The third-order valence-electron chi connectivity index (χ3n) is 10.1. The summed E-state index contributed by atoms with van der Waals surface area (Å²) < 4.78 is 4.94. The summed E-state index contributed by atoms with van der Waals surface area (Å²) in [5.41, 5.74) is 16.6. The van der Waals surface area contributed by atoms with Crippen LogP contribution in [0.1, 0.15) is 92.7 Å². The SMILES string of the molecule is Cc1c(C)c2c3ccccc3n3c4cc(-c5c(C(C)C)cc(C(C)C)cc5C(C)C)cc5cc[n+](C)c(c(c1C)c23)c54. The molecule has 3 heterocycles. The van der Waals surface area contributed by atoms with Crippen molar-refractivity contribution in [1.29, 1.82) is 0 Å². The summed E-state index contributed by atoms with van der Waals surface area (Å²) in [7, 11) is 2.21. The maximum atomic E-state index is 2.59. The van der Waals surface area contributed by atoms with Crippen molar-refractivity contribution >= 4 is 49.0 Å². The lowest BCUT2D eigenvalue weighted by atomic mass is 9.81. The summed E-state index contributed by atoms with van der Waals surface area (Å²) in [6.45, 7) is 21.0. The van der Waals surface area contributed by atoms with Crippen molar-refractivity contribution in [3.63, 3.8) is 0 Å². The van der Waals surface area contributed by atoms with Gasteiger partial charge in [0.05, 0.1) is 27.3 Å². The average Bonchev–Trinajstić information content (AvgIpc) is 3.31. The highest BCUT2D eigenvalue weighted by molar-refractivity contribution is 6.27. The summed E-state index contributed by atoms with van der Waals surface area (Å²) in [5, 5.41) is 6.77. The highest BCUT2D eigenvalue weighted by Crippen LogP contribution is 2.46. The zero-order valence-corrected chi connectivity index (χ0v) is 26.9. The van der Waals surface area contributed by atoms with Gasteiger partial charge in [-0.2, -0.15) is 0 Å². The topological polar surface area (TPSA) is 8.29 Å². The number of rotatable bonds is 4. The Morgan fingerprint density at radius 2 is 1.29 bits per heavy atom. The molecule has 7 aromatic rings. The van der Waals surface area contributed by atoms with Gasteiger partial charge in [-0.05, 0) is 107 Å². The van der Waals surface area contributed by atoms with Crippen molar-refractivity contribution in [3.8, 4) is 11.1 Å². The second-order valence-electron chi connectivity index (χ2n) is 13.6. The molecular formula is C40H43N2+. The van der Waals surface area contributed by atoms with E-state index in [1.807, 2.05) is 0 Å². The van der Waals surface area contributed by atoms with E-state index in [4.69, 9.17) is 0 Å². The molecule has 0 saturated carbocycles. The van der Waals surface area contributed by atoms with Crippen LogP contribution >= 0.6 is 0 Å². The van der Waals surface area contributed by atoms with Crippen LogP contribution in [0.15, 0.2) is 60.8 Å². The second-order valence-corrected chi connectivity index (χ2v) is 13.6. The molecule has 212 valence electrons. The minimum Gasteiger partial charge on any atom is -0.307 e. The highest BCUT2D eigenvalue weighted by atomic mass is 15.0. The Labute approximate surface area is 249 Å². The molecule has 0 fully saturated rings. The van der Waals surface area contributed by atoms with Crippen LogP contribution in [-0.2, 0) is 7.05 Å². The number of benzene rings is 4. The molecule has 0 atom stereocenters. The fourth-order valence-electron chi connectivity index (χ4n) is 7.62. The Morgan fingerprint density at radius 3 is 1.93 bits per heavy atom. The standard InChI is InChI=1S/C40H43N2/c1-21(2)28-18-31(22(3)4)37(32(19-28)23(5)6)29-17-27-15-16-41(10)39-36-26(9)24(7)25(8)35-30-13-11-12-14-33(30)42(40(35)36)34(20-29)38(27)39/h11-23H,1-10H3/q+1. The van der Waals surface area contributed by atoms with Gasteiger partial charge in [0.1, 0.15) is 7.05 Å². The van der Waals surface area contributed by atoms with E-state index < -0.39 is 0 Å². The summed E-state index contributed by atoms with van der Waals surface area (Å²) in [4.78, 5) is 0. The Kier molecular flexibility index (Phi) is 5.97. The first-order valence-corrected chi connectivity index (χ1v) is 15.7. The Morgan fingerprint density at radius 1 is 0.643 bits per heavy atom. The first-order chi connectivity index (χ1) is 20.0. The molecule has 3 aromatic heterocycles. The molecule has 42 heavy (non-hydrogen) atoms. The monoisotopic (exact) mass is 551 g/mol. The fourth-order valence-corrected chi connectivity index (χ4v) is 7.62. The smallest absolute Gasteiger partial charge is 0.224 e. The Bertz CT molecular complexity index is 2180. The zero-order chi connectivity index (χ0) is 29.8. The van der Waals surface area contributed by atoms with Crippen molar-refractivity contribution in [2.24, 2.45) is 7.05 Å². The lowest BCUT2D eigenvalue weighted by Crippen LogP contribution is -2.29. The summed E-state index contributed by atoms with van der Waals surface area (Å²) in [6, 6.07) is 21.3. The van der Waals surface area contributed by atoms with Crippen LogP contribution in [0.5, 0.6) is 0 Å². The van der Waals surface area contributed by atoms with E-state index in [1.54, 1.807) is 0 Å². The molecule has 7 rings (SSSR count). The maximum absolute atomic E-state index is 2.59. The van der Waals surface area contributed by atoms with E-state index in [1.165, 1.54) is 93.5 Å². The molecule has 0 amide bonds. The van der Waals surface area contributed by atoms with Gasteiger partial charge in [-0.1, -0.05) is 71.9 Å². The van der Waals surface area contributed by atoms with Gasteiger partial charge in [0.15, 0.2) is 6.20 Å². The van der Waals surface area contributed by atoms with E-state index in [2.05, 4.69) is 139 Å². The van der Waals surface area contributed by atoms with Crippen LogP contribution in [-0.4, -0.2) is 4.40 Å². The number of hydrogen-bond donors (Lipinski definition) is 0. The van der Waals surface area contributed by atoms with Gasteiger partial charge in [-0.3, -0.25) is 0 Å². The predicted octanol–water partition coefficient (Wildman–Crippen LogP) is 10.8. The maximum Gasteiger partial charge on any atom is 0.224 e. The number of pyridine rings is 2. The van der Waals surface area contributed by atoms with Gasteiger partial charge in [0, 0.05) is 16.8 Å². The van der Waals surface area contributed by atoms with Crippen molar-refractivity contribution in [1.82, 2.24) is 4.40 Å². The molecule has 0 N–H and O–H groups in total. The number of para-hydroxylation sites is 1. The van der Waals surface area contributed by atoms with Crippen LogP contribution in [0.3, 0.4) is 0 Å². The molecular weight excluding hydrogens is 508 g/mol. The van der Waals surface area contributed by atoms with Gasteiger partial charge in [-0.15, -0.1) is 0 Å². The lowest BCUT2D eigenvalue weighted by Gasteiger charge is -2.24. The van der Waals surface area contributed by atoms with Crippen LogP contribution < -0.4 is 4.57 Å². The van der Waals surface area contributed by atoms with Crippen molar-refractivity contribution in [2.75, 3.05) is 0 Å². The Balaban J connectivity index is 1.76.